The molecule has 7 heteroatoms. The maximum absolute atomic E-state index is 12.5. The zero-order chi connectivity index (χ0) is 14.9. The fraction of sp³-hybridized carbons (Fsp3) is 0.462. The third-order valence-electron chi connectivity index (χ3n) is 3.27. The van der Waals surface area contributed by atoms with E-state index >= 15 is 0 Å². The van der Waals surface area contributed by atoms with Gasteiger partial charge in [0.2, 0.25) is 15.9 Å². The van der Waals surface area contributed by atoms with Crippen LogP contribution in [0.3, 0.4) is 0 Å². The molecule has 1 unspecified atom stereocenters. The normalized spacial score (nSPS) is 20.0. The quantitative estimate of drug-likeness (QED) is 0.794. The van der Waals surface area contributed by atoms with Crippen LogP contribution in [0.15, 0.2) is 23.1 Å². The number of hydrogen-bond donors (Lipinski definition) is 2. The van der Waals surface area contributed by atoms with E-state index in [1.54, 1.807) is 19.1 Å². The number of anilines is 1. The number of sulfonamides is 1. The summed E-state index contributed by atoms with van der Waals surface area (Å²) in [4.78, 5) is 11.2. The molecule has 1 aliphatic rings. The average Bonchev–Trinajstić information content (AvgIpc) is 2.75. The summed E-state index contributed by atoms with van der Waals surface area (Å²) in [6, 6.07) is 4.68. The molecule has 6 nitrogen and oxygen atoms in total. The van der Waals surface area contributed by atoms with E-state index in [1.807, 2.05) is 0 Å². The van der Waals surface area contributed by atoms with Crippen LogP contribution >= 0.6 is 0 Å². The third-order valence-corrected chi connectivity index (χ3v) is 5.11. The first kappa shape index (κ1) is 14.8. The van der Waals surface area contributed by atoms with Gasteiger partial charge in [-0.1, -0.05) is 0 Å². The summed E-state index contributed by atoms with van der Waals surface area (Å²) in [5, 5.41) is 2.75. The van der Waals surface area contributed by atoms with Gasteiger partial charge in [-0.05, 0) is 37.1 Å². The molecule has 1 amide bonds. The Balaban J connectivity index is 2.21. The fourth-order valence-corrected chi connectivity index (χ4v) is 4.07. The topological polar surface area (TPSA) is 92.5 Å². The van der Waals surface area contributed by atoms with Crippen molar-refractivity contribution >= 4 is 21.6 Å². The monoisotopic (exact) mass is 297 g/mol. The molecule has 1 aromatic rings. The Hall–Kier alpha value is -1.60. The van der Waals surface area contributed by atoms with Crippen LogP contribution in [0.25, 0.3) is 0 Å². The van der Waals surface area contributed by atoms with Crippen LogP contribution in [0.2, 0.25) is 0 Å². The van der Waals surface area contributed by atoms with Gasteiger partial charge in [0.15, 0.2) is 0 Å². The molecule has 0 spiro atoms. The minimum atomic E-state index is -3.55. The Kier molecular flexibility index (Phi) is 4.01. The number of benzene rings is 1. The van der Waals surface area contributed by atoms with Gasteiger partial charge >= 0.3 is 0 Å². The van der Waals surface area contributed by atoms with Crippen LogP contribution in [-0.4, -0.2) is 37.8 Å². The van der Waals surface area contributed by atoms with Gasteiger partial charge in [0.25, 0.3) is 0 Å². The van der Waals surface area contributed by atoms with E-state index in [4.69, 9.17) is 5.73 Å². The maximum atomic E-state index is 12.5. The standard InChI is InChI=1S/C13H19N3O3S/c1-9-5-11(14)7-13(6-9)20(18,19)16-4-3-12(8-16)15-10(2)17/h5-7,12H,3-4,8,14H2,1-2H3,(H,15,17). The third kappa shape index (κ3) is 3.10. The molecule has 2 rings (SSSR count). The highest BCUT2D eigenvalue weighted by atomic mass is 32.2. The van der Waals surface area contributed by atoms with Crippen LogP contribution in [0.1, 0.15) is 18.9 Å². The molecule has 20 heavy (non-hydrogen) atoms. The van der Waals surface area contributed by atoms with Crippen LogP contribution in [0, 0.1) is 6.92 Å². The molecule has 0 radical (unpaired) electrons. The van der Waals surface area contributed by atoms with Crippen LogP contribution < -0.4 is 11.1 Å². The van der Waals surface area contributed by atoms with Crippen molar-refractivity contribution in [2.24, 2.45) is 0 Å². The SMILES string of the molecule is CC(=O)NC1CCN(S(=O)(=O)c2cc(C)cc(N)c2)C1. The predicted octanol–water partition coefficient (Wildman–Crippen LogP) is 0.476. The van der Waals surface area contributed by atoms with Crippen LogP contribution in [-0.2, 0) is 14.8 Å². The summed E-state index contributed by atoms with van der Waals surface area (Å²) in [5.41, 5.74) is 6.95. The van der Waals surface area contributed by atoms with E-state index in [9.17, 15) is 13.2 Å². The number of aryl methyl sites for hydroxylation is 1. The summed E-state index contributed by atoms with van der Waals surface area (Å²) in [6.45, 7) is 3.94. The fourth-order valence-electron chi connectivity index (χ4n) is 2.43. The minimum Gasteiger partial charge on any atom is -0.399 e. The molecule has 0 aliphatic carbocycles. The molecule has 0 saturated carbocycles. The second-order valence-electron chi connectivity index (χ2n) is 5.13. The number of hydrogen-bond acceptors (Lipinski definition) is 4. The Morgan fingerprint density at radius 1 is 1.40 bits per heavy atom. The Labute approximate surface area is 119 Å². The van der Waals surface area contributed by atoms with Crippen LogP contribution in [0.5, 0.6) is 0 Å². The second kappa shape index (κ2) is 5.41. The molecule has 1 atom stereocenters. The van der Waals surface area contributed by atoms with Gasteiger partial charge < -0.3 is 11.1 Å². The van der Waals surface area contributed by atoms with Crippen LogP contribution in [0.4, 0.5) is 5.69 Å². The first-order valence-corrected chi connectivity index (χ1v) is 7.87. The Morgan fingerprint density at radius 3 is 2.70 bits per heavy atom. The number of nitrogens with zero attached hydrogens (tertiary/aromatic N) is 1. The lowest BCUT2D eigenvalue weighted by Gasteiger charge is -2.17. The number of nitrogens with one attached hydrogen (secondary N) is 1. The molecule has 1 saturated heterocycles. The average molecular weight is 297 g/mol. The van der Waals surface area contributed by atoms with E-state index in [1.165, 1.54) is 17.3 Å². The van der Waals surface area contributed by atoms with Gasteiger partial charge in [0.1, 0.15) is 0 Å². The second-order valence-corrected chi connectivity index (χ2v) is 7.07. The first-order valence-electron chi connectivity index (χ1n) is 6.43. The molecule has 1 fully saturated rings. The van der Waals surface area contributed by atoms with Crippen molar-refractivity contribution in [2.75, 3.05) is 18.8 Å². The van der Waals surface area contributed by atoms with E-state index < -0.39 is 10.0 Å². The zero-order valence-corrected chi connectivity index (χ0v) is 12.4. The van der Waals surface area contributed by atoms with Gasteiger partial charge in [0, 0.05) is 31.7 Å². The van der Waals surface area contributed by atoms with E-state index in [2.05, 4.69) is 5.32 Å². The van der Waals surface area contributed by atoms with Crippen molar-refractivity contribution in [3.63, 3.8) is 0 Å². The minimum absolute atomic E-state index is 0.121. The molecular weight excluding hydrogens is 278 g/mol. The highest BCUT2D eigenvalue weighted by Gasteiger charge is 2.33. The molecular formula is C13H19N3O3S. The summed E-state index contributed by atoms with van der Waals surface area (Å²) in [5.74, 6) is -0.144. The van der Waals surface area contributed by atoms with Crippen molar-refractivity contribution in [1.29, 1.82) is 0 Å². The molecule has 0 aromatic heterocycles. The number of carbonyl (C=O) groups excluding carboxylic acids is 1. The Morgan fingerprint density at radius 2 is 2.10 bits per heavy atom. The molecule has 1 heterocycles. The highest BCUT2D eigenvalue weighted by molar-refractivity contribution is 7.89. The summed E-state index contributed by atoms with van der Waals surface area (Å²) >= 11 is 0. The number of carbonyl (C=O) groups is 1. The lowest BCUT2D eigenvalue weighted by molar-refractivity contribution is -0.119. The van der Waals surface area contributed by atoms with Gasteiger partial charge in [-0.25, -0.2) is 8.42 Å². The summed E-state index contributed by atoms with van der Waals surface area (Å²) in [7, 11) is -3.55. The van der Waals surface area contributed by atoms with E-state index in [0.717, 1.165) is 5.56 Å². The smallest absolute Gasteiger partial charge is 0.243 e. The van der Waals surface area contributed by atoms with Crippen molar-refractivity contribution in [2.45, 2.75) is 31.2 Å². The number of rotatable bonds is 3. The number of nitrogen functional groups attached to an aromatic ring is 1. The van der Waals surface area contributed by atoms with Gasteiger partial charge in [-0.3, -0.25) is 4.79 Å². The summed E-state index contributed by atoms with van der Waals surface area (Å²) < 4.78 is 26.4. The zero-order valence-electron chi connectivity index (χ0n) is 11.6. The van der Waals surface area contributed by atoms with Crippen molar-refractivity contribution in [3.8, 4) is 0 Å². The van der Waals surface area contributed by atoms with Crippen molar-refractivity contribution in [3.05, 3.63) is 23.8 Å². The number of amides is 1. The summed E-state index contributed by atoms with van der Waals surface area (Å²) in [6.07, 6.45) is 0.625. The van der Waals surface area contributed by atoms with E-state index in [-0.39, 0.29) is 16.8 Å². The molecule has 110 valence electrons. The van der Waals surface area contributed by atoms with Gasteiger partial charge in [-0.2, -0.15) is 4.31 Å². The Bertz CT molecular complexity index is 607. The molecule has 1 aromatic carbocycles. The van der Waals surface area contributed by atoms with Crippen molar-refractivity contribution < 1.29 is 13.2 Å². The molecule has 3 N–H and O–H groups in total. The highest BCUT2D eigenvalue weighted by Crippen LogP contribution is 2.23. The van der Waals surface area contributed by atoms with Gasteiger partial charge in [0.05, 0.1) is 4.90 Å². The maximum Gasteiger partial charge on any atom is 0.243 e. The molecule has 0 bridgehead atoms. The largest absolute Gasteiger partial charge is 0.399 e. The first-order chi connectivity index (χ1) is 9.29. The van der Waals surface area contributed by atoms with Gasteiger partial charge in [-0.15, -0.1) is 0 Å². The number of nitrogens with two attached hydrogens (primary N) is 1. The van der Waals surface area contributed by atoms with Crippen molar-refractivity contribution in [1.82, 2.24) is 9.62 Å². The lowest BCUT2D eigenvalue weighted by Crippen LogP contribution is -2.37. The predicted molar refractivity (Wildman–Crippen MR) is 76.6 cm³/mol. The van der Waals surface area contributed by atoms with E-state index in [0.29, 0.717) is 25.2 Å². The lowest BCUT2D eigenvalue weighted by atomic mass is 10.2. The molecule has 1 aliphatic heterocycles.